The molecule has 27 heavy (non-hydrogen) atoms. The van der Waals surface area contributed by atoms with Gasteiger partial charge in [-0.2, -0.15) is 0 Å². The lowest BCUT2D eigenvalue weighted by Crippen LogP contribution is -2.32. The van der Waals surface area contributed by atoms with Gasteiger partial charge in [0, 0.05) is 6.08 Å². The summed E-state index contributed by atoms with van der Waals surface area (Å²) in [6, 6.07) is 9.08. The van der Waals surface area contributed by atoms with Crippen LogP contribution in [0.2, 0.25) is 0 Å². The van der Waals surface area contributed by atoms with Crippen molar-refractivity contribution in [1.82, 2.24) is 10.3 Å². The number of hydrogen-bond acceptors (Lipinski definition) is 4. The van der Waals surface area contributed by atoms with E-state index in [0.29, 0.717) is 11.1 Å². The second kappa shape index (κ2) is 8.00. The topological polar surface area (TPSA) is 71.1 Å². The zero-order chi connectivity index (χ0) is 19.4. The number of hydrogen-bond donors (Lipinski definition) is 2. The van der Waals surface area contributed by atoms with Crippen molar-refractivity contribution in [3.63, 3.8) is 0 Å². The van der Waals surface area contributed by atoms with Crippen LogP contribution in [0.4, 0.5) is 18.9 Å². The molecule has 0 bridgehead atoms. The lowest BCUT2D eigenvalue weighted by atomic mass is 10.2. The molecule has 0 saturated carbocycles. The predicted molar refractivity (Wildman–Crippen MR) is 96.6 cm³/mol. The van der Waals surface area contributed by atoms with Gasteiger partial charge in [0.15, 0.2) is 17.5 Å². The molecule has 2 amide bonds. The molecule has 0 fully saturated rings. The monoisotopic (exact) mass is 391 g/mol. The van der Waals surface area contributed by atoms with Crippen LogP contribution in [-0.2, 0) is 9.59 Å². The van der Waals surface area contributed by atoms with Gasteiger partial charge in [0.1, 0.15) is 5.01 Å². The summed E-state index contributed by atoms with van der Waals surface area (Å²) in [5.74, 6) is -5.91. The maximum Gasteiger partial charge on any atom is 0.244 e. The Kier molecular flexibility index (Phi) is 5.51. The van der Waals surface area contributed by atoms with Crippen LogP contribution >= 0.6 is 11.3 Å². The van der Waals surface area contributed by atoms with Gasteiger partial charge in [-0.05, 0) is 30.3 Å². The Morgan fingerprint density at radius 3 is 2.63 bits per heavy atom. The zero-order valence-electron chi connectivity index (χ0n) is 13.6. The molecule has 1 heterocycles. The molecule has 0 aliphatic heterocycles. The first kappa shape index (κ1) is 18.6. The van der Waals surface area contributed by atoms with E-state index in [1.807, 2.05) is 24.3 Å². The van der Waals surface area contributed by atoms with Crippen molar-refractivity contribution < 1.29 is 22.8 Å². The molecular weight excluding hydrogens is 379 g/mol. The van der Waals surface area contributed by atoms with Crippen LogP contribution in [0.25, 0.3) is 16.3 Å². The van der Waals surface area contributed by atoms with Gasteiger partial charge in [-0.3, -0.25) is 9.59 Å². The first-order valence-corrected chi connectivity index (χ1v) is 8.50. The van der Waals surface area contributed by atoms with Crippen molar-refractivity contribution in [2.24, 2.45) is 0 Å². The van der Waals surface area contributed by atoms with E-state index in [9.17, 15) is 22.8 Å². The highest BCUT2D eigenvalue weighted by Crippen LogP contribution is 2.22. The van der Waals surface area contributed by atoms with Gasteiger partial charge in [0.2, 0.25) is 11.8 Å². The van der Waals surface area contributed by atoms with E-state index >= 15 is 0 Å². The maximum absolute atomic E-state index is 13.5. The van der Waals surface area contributed by atoms with Crippen molar-refractivity contribution >= 4 is 45.1 Å². The summed E-state index contributed by atoms with van der Waals surface area (Å²) in [4.78, 5) is 27.8. The Balaban J connectivity index is 1.54. The van der Waals surface area contributed by atoms with E-state index in [1.165, 1.54) is 23.5 Å². The number of amides is 2. The molecule has 3 aromatic rings. The quantitative estimate of drug-likeness (QED) is 0.517. The number of aromatic nitrogens is 1. The van der Waals surface area contributed by atoms with Crippen LogP contribution in [0, 0.1) is 17.5 Å². The second-order valence-electron chi connectivity index (χ2n) is 5.34. The molecule has 138 valence electrons. The number of carbonyl (C=O) groups is 2. The van der Waals surface area contributed by atoms with Crippen molar-refractivity contribution in [2.75, 3.05) is 11.9 Å². The van der Waals surface area contributed by atoms with Crippen molar-refractivity contribution in [3.05, 3.63) is 64.9 Å². The molecular formula is C18H12F3N3O2S. The summed E-state index contributed by atoms with van der Waals surface area (Å²) in [6.07, 6.45) is 2.72. The van der Waals surface area contributed by atoms with Gasteiger partial charge in [0.25, 0.3) is 0 Å². The molecule has 0 aliphatic carbocycles. The molecule has 0 saturated heterocycles. The number of para-hydroxylation sites is 1. The average molecular weight is 391 g/mol. The van der Waals surface area contributed by atoms with Gasteiger partial charge in [0.05, 0.1) is 22.4 Å². The highest BCUT2D eigenvalue weighted by molar-refractivity contribution is 7.19. The fourth-order valence-corrected chi connectivity index (χ4v) is 3.02. The molecule has 0 aliphatic rings. The second-order valence-corrected chi connectivity index (χ2v) is 6.40. The van der Waals surface area contributed by atoms with Crippen LogP contribution in [0.1, 0.15) is 5.01 Å². The minimum absolute atomic E-state index is 0.471. The highest BCUT2D eigenvalue weighted by Gasteiger charge is 2.15. The number of carbonyl (C=O) groups excluding carboxylic acids is 2. The van der Waals surface area contributed by atoms with Crippen LogP contribution < -0.4 is 10.6 Å². The van der Waals surface area contributed by atoms with Crippen LogP contribution in [-0.4, -0.2) is 23.3 Å². The maximum atomic E-state index is 13.5. The normalized spacial score (nSPS) is 11.1. The zero-order valence-corrected chi connectivity index (χ0v) is 14.4. The molecule has 3 rings (SSSR count). The number of benzene rings is 2. The third-order valence-corrected chi connectivity index (χ3v) is 4.42. The number of rotatable bonds is 5. The Hall–Kier alpha value is -3.20. The Labute approximate surface area is 155 Å². The van der Waals surface area contributed by atoms with E-state index in [-0.39, 0.29) is 0 Å². The summed E-state index contributed by atoms with van der Waals surface area (Å²) < 4.78 is 40.4. The standard InChI is InChI=1S/C18H12F3N3O2S/c19-10-5-6-12(18(21)17(10)20)23-15(26)9-22-14(25)7-8-16-24-11-3-1-2-4-13(11)27-16/h1-8H,9H2,(H,22,25)(H,23,26). The summed E-state index contributed by atoms with van der Waals surface area (Å²) in [5, 5.41) is 4.98. The first-order valence-electron chi connectivity index (χ1n) is 7.69. The van der Waals surface area contributed by atoms with Crippen LogP contribution in [0.3, 0.4) is 0 Å². The molecule has 0 atom stereocenters. The molecule has 2 N–H and O–H groups in total. The number of nitrogens with one attached hydrogen (secondary N) is 2. The number of thiazole rings is 1. The number of fused-ring (bicyclic) bond motifs is 1. The first-order chi connectivity index (χ1) is 12.9. The third kappa shape index (κ3) is 4.50. The van der Waals surface area contributed by atoms with Gasteiger partial charge >= 0.3 is 0 Å². The fraction of sp³-hybridized carbons (Fsp3) is 0.0556. The highest BCUT2D eigenvalue weighted by atomic mass is 32.1. The predicted octanol–water partition coefficient (Wildman–Crippen LogP) is 3.48. The SMILES string of the molecule is O=C(C=Cc1nc2ccccc2s1)NCC(=O)Nc1ccc(F)c(F)c1F. The van der Waals surface area contributed by atoms with E-state index in [2.05, 4.69) is 15.6 Å². The lowest BCUT2D eigenvalue weighted by molar-refractivity contribution is -0.121. The van der Waals surface area contributed by atoms with Crippen LogP contribution in [0.15, 0.2) is 42.5 Å². The smallest absolute Gasteiger partial charge is 0.244 e. The molecule has 0 radical (unpaired) electrons. The Morgan fingerprint density at radius 2 is 1.85 bits per heavy atom. The molecule has 1 aromatic heterocycles. The third-order valence-electron chi connectivity index (χ3n) is 3.42. The van der Waals surface area contributed by atoms with Crippen molar-refractivity contribution in [2.45, 2.75) is 0 Å². The van der Waals surface area contributed by atoms with Gasteiger partial charge < -0.3 is 10.6 Å². The summed E-state index contributed by atoms with van der Waals surface area (Å²) in [5.41, 5.74) is 0.300. The average Bonchev–Trinajstić information content (AvgIpc) is 3.08. The van der Waals surface area contributed by atoms with Crippen LogP contribution in [0.5, 0.6) is 0 Å². The number of anilines is 1. The summed E-state index contributed by atoms with van der Waals surface area (Å²) >= 11 is 1.40. The van der Waals surface area contributed by atoms with E-state index in [1.54, 1.807) is 0 Å². The molecule has 0 spiro atoms. The minimum Gasteiger partial charge on any atom is -0.343 e. The molecule has 9 heteroatoms. The fourth-order valence-electron chi connectivity index (χ4n) is 2.15. The minimum atomic E-state index is -1.68. The number of nitrogens with zero attached hydrogens (tertiary/aromatic N) is 1. The lowest BCUT2D eigenvalue weighted by Gasteiger charge is -2.07. The van der Waals surface area contributed by atoms with E-state index < -0.39 is 41.5 Å². The van der Waals surface area contributed by atoms with E-state index in [4.69, 9.17) is 0 Å². The van der Waals surface area contributed by atoms with Gasteiger partial charge in [-0.25, -0.2) is 18.2 Å². The molecule has 0 unspecified atom stereocenters. The summed E-state index contributed by atoms with van der Waals surface area (Å²) in [7, 11) is 0. The Morgan fingerprint density at radius 1 is 1.07 bits per heavy atom. The Bertz CT molecular complexity index is 1020. The molecule has 5 nitrogen and oxygen atoms in total. The van der Waals surface area contributed by atoms with E-state index in [0.717, 1.165) is 16.3 Å². The molecule has 2 aromatic carbocycles. The van der Waals surface area contributed by atoms with Gasteiger partial charge in [-0.1, -0.05) is 12.1 Å². The van der Waals surface area contributed by atoms with Crippen molar-refractivity contribution in [3.8, 4) is 0 Å². The van der Waals surface area contributed by atoms with Gasteiger partial charge in [-0.15, -0.1) is 11.3 Å². The largest absolute Gasteiger partial charge is 0.343 e. The summed E-state index contributed by atoms with van der Waals surface area (Å²) in [6.45, 7) is -0.471. The van der Waals surface area contributed by atoms with Crippen molar-refractivity contribution in [1.29, 1.82) is 0 Å². The number of halogens is 3.